The van der Waals surface area contributed by atoms with Gasteiger partial charge in [-0.3, -0.25) is 4.79 Å². The lowest BCUT2D eigenvalue weighted by Gasteiger charge is -2.19. The number of hydrogen-bond donors (Lipinski definition) is 2. The van der Waals surface area contributed by atoms with Gasteiger partial charge in [-0.05, 0) is 11.6 Å². The Bertz CT molecular complexity index is 623. The summed E-state index contributed by atoms with van der Waals surface area (Å²) in [5.41, 5.74) is -0.759. The highest BCUT2D eigenvalue weighted by molar-refractivity contribution is 5.85. The number of nitrogens with zero attached hydrogens (tertiary/aromatic N) is 1. The van der Waals surface area contributed by atoms with Gasteiger partial charge < -0.3 is 10.4 Å². The number of carbonyl (C=O) groups excluding carboxylic acids is 1. The maximum atomic E-state index is 12.6. The van der Waals surface area contributed by atoms with E-state index < -0.39 is 35.6 Å². The quantitative estimate of drug-likeness (QED) is 0.839. The van der Waals surface area contributed by atoms with Crippen molar-refractivity contribution in [1.29, 1.82) is 5.26 Å². The number of benzene rings is 1. The van der Waals surface area contributed by atoms with E-state index in [1.165, 1.54) is 19.1 Å². The summed E-state index contributed by atoms with van der Waals surface area (Å²) in [6.07, 6.45) is -4.97. The van der Waals surface area contributed by atoms with Gasteiger partial charge in [0.05, 0.1) is 18.1 Å². The number of hydrogen-bond acceptors (Lipinski definition) is 3. The van der Waals surface area contributed by atoms with Crippen molar-refractivity contribution in [3.05, 3.63) is 35.4 Å². The van der Waals surface area contributed by atoms with Crippen LogP contribution in [0.1, 0.15) is 24.5 Å². The topological polar surface area (TPSA) is 90.2 Å². The molecule has 2 atom stereocenters. The number of carbonyl (C=O) groups is 2. The predicted molar refractivity (Wildman–Crippen MR) is 74.1 cm³/mol. The van der Waals surface area contributed by atoms with E-state index in [0.717, 1.165) is 12.1 Å². The Morgan fingerprint density at radius 2 is 2.04 bits per heavy atom. The summed E-state index contributed by atoms with van der Waals surface area (Å²) in [5.74, 6) is -2.64. The highest BCUT2D eigenvalue weighted by atomic mass is 19.4. The molecule has 0 radical (unpaired) electrons. The maximum Gasteiger partial charge on any atom is 0.416 e. The summed E-state index contributed by atoms with van der Waals surface area (Å²) < 4.78 is 37.8. The summed E-state index contributed by atoms with van der Waals surface area (Å²) >= 11 is 0. The SMILES string of the molecule is C[C@H](CC#N)[C@H](NC(=O)Cc1cccc(C(F)(F)F)c1)C(=O)O. The molecule has 0 bridgehead atoms. The Morgan fingerprint density at radius 3 is 2.57 bits per heavy atom. The van der Waals surface area contributed by atoms with Crippen molar-refractivity contribution < 1.29 is 27.9 Å². The average Bonchev–Trinajstić information content (AvgIpc) is 2.44. The van der Waals surface area contributed by atoms with Crippen LogP contribution in [-0.4, -0.2) is 23.0 Å². The zero-order valence-corrected chi connectivity index (χ0v) is 12.2. The van der Waals surface area contributed by atoms with E-state index in [0.29, 0.717) is 0 Å². The molecule has 0 aliphatic rings. The monoisotopic (exact) mass is 328 g/mol. The number of nitrogens with one attached hydrogen (secondary N) is 1. The van der Waals surface area contributed by atoms with E-state index in [9.17, 15) is 22.8 Å². The Balaban J connectivity index is 2.79. The molecule has 1 amide bonds. The van der Waals surface area contributed by atoms with E-state index in [-0.39, 0.29) is 18.4 Å². The van der Waals surface area contributed by atoms with Gasteiger partial charge in [-0.1, -0.05) is 25.1 Å². The highest BCUT2D eigenvalue weighted by Gasteiger charge is 2.31. The second-order valence-corrected chi connectivity index (χ2v) is 5.10. The van der Waals surface area contributed by atoms with Crippen LogP contribution in [-0.2, 0) is 22.2 Å². The molecule has 0 saturated heterocycles. The number of amides is 1. The van der Waals surface area contributed by atoms with E-state index in [1.54, 1.807) is 0 Å². The molecule has 1 aromatic carbocycles. The van der Waals surface area contributed by atoms with E-state index in [4.69, 9.17) is 10.4 Å². The fourth-order valence-electron chi connectivity index (χ4n) is 1.98. The maximum absolute atomic E-state index is 12.6. The number of carboxylic acid groups (broad SMARTS) is 1. The average molecular weight is 328 g/mol. The van der Waals surface area contributed by atoms with Crippen LogP contribution in [0.4, 0.5) is 13.2 Å². The molecule has 2 N–H and O–H groups in total. The first-order chi connectivity index (χ1) is 10.6. The van der Waals surface area contributed by atoms with Crippen LogP contribution >= 0.6 is 0 Å². The molecule has 0 spiro atoms. The summed E-state index contributed by atoms with van der Waals surface area (Å²) in [4.78, 5) is 23.0. The van der Waals surface area contributed by atoms with Crippen LogP contribution in [0.15, 0.2) is 24.3 Å². The first kappa shape index (κ1) is 18.5. The van der Waals surface area contributed by atoms with Crippen LogP contribution in [0.25, 0.3) is 0 Å². The largest absolute Gasteiger partial charge is 0.480 e. The molecule has 0 aliphatic heterocycles. The van der Waals surface area contributed by atoms with Crippen LogP contribution in [0, 0.1) is 17.2 Å². The van der Waals surface area contributed by atoms with E-state index >= 15 is 0 Å². The van der Waals surface area contributed by atoms with E-state index in [2.05, 4.69) is 5.32 Å². The Hall–Kier alpha value is -2.56. The first-order valence-electron chi connectivity index (χ1n) is 6.70. The molecule has 1 rings (SSSR count). The minimum Gasteiger partial charge on any atom is -0.480 e. The summed E-state index contributed by atoms with van der Waals surface area (Å²) in [6.45, 7) is 1.49. The molecular formula is C15H15F3N2O3. The van der Waals surface area contributed by atoms with Crippen LogP contribution in [0.5, 0.6) is 0 Å². The minimum atomic E-state index is -4.52. The lowest BCUT2D eigenvalue weighted by molar-refractivity contribution is -0.143. The molecule has 124 valence electrons. The van der Waals surface area contributed by atoms with Gasteiger partial charge in [-0.2, -0.15) is 18.4 Å². The van der Waals surface area contributed by atoms with Crippen molar-refractivity contribution in [2.45, 2.75) is 32.0 Å². The van der Waals surface area contributed by atoms with Crippen LogP contribution < -0.4 is 5.32 Å². The van der Waals surface area contributed by atoms with Gasteiger partial charge >= 0.3 is 12.1 Å². The van der Waals surface area contributed by atoms with Gasteiger partial charge in [0.15, 0.2) is 0 Å². The molecule has 0 aromatic heterocycles. The number of halogens is 3. The number of rotatable bonds is 6. The molecule has 23 heavy (non-hydrogen) atoms. The Morgan fingerprint density at radius 1 is 1.39 bits per heavy atom. The van der Waals surface area contributed by atoms with Crippen molar-refractivity contribution in [3.8, 4) is 6.07 Å². The third-order valence-electron chi connectivity index (χ3n) is 3.18. The van der Waals surface area contributed by atoms with Crippen molar-refractivity contribution >= 4 is 11.9 Å². The van der Waals surface area contributed by atoms with Crippen molar-refractivity contribution in [3.63, 3.8) is 0 Å². The van der Waals surface area contributed by atoms with Crippen molar-refractivity contribution in [2.75, 3.05) is 0 Å². The summed E-state index contributed by atoms with van der Waals surface area (Å²) in [7, 11) is 0. The van der Waals surface area contributed by atoms with Gasteiger partial charge in [0.2, 0.25) is 5.91 Å². The highest BCUT2D eigenvalue weighted by Crippen LogP contribution is 2.29. The van der Waals surface area contributed by atoms with Crippen molar-refractivity contribution in [1.82, 2.24) is 5.32 Å². The van der Waals surface area contributed by atoms with Crippen molar-refractivity contribution in [2.24, 2.45) is 5.92 Å². The third kappa shape index (κ3) is 5.62. The molecule has 0 saturated carbocycles. The van der Waals surface area contributed by atoms with Gasteiger partial charge in [-0.15, -0.1) is 0 Å². The normalized spacial score (nSPS) is 13.7. The third-order valence-corrected chi connectivity index (χ3v) is 3.18. The summed E-state index contributed by atoms with van der Waals surface area (Å²) in [5, 5.41) is 19.9. The smallest absolute Gasteiger partial charge is 0.416 e. The van der Waals surface area contributed by atoms with Gasteiger partial charge in [0.25, 0.3) is 0 Å². The number of aliphatic carboxylic acids is 1. The number of nitriles is 1. The zero-order valence-electron chi connectivity index (χ0n) is 12.2. The molecule has 5 nitrogen and oxygen atoms in total. The fraction of sp³-hybridized carbons (Fsp3) is 0.400. The molecule has 8 heteroatoms. The molecule has 1 aromatic rings. The summed E-state index contributed by atoms with van der Waals surface area (Å²) in [6, 6.07) is 4.80. The minimum absolute atomic E-state index is 0.0686. The number of alkyl halides is 3. The molecule has 0 fully saturated rings. The van der Waals surface area contributed by atoms with Gasteiger partial charge in [-0.25, -0.2) is 4.79 Å². The second-order valence-electron chi connectivity index (χ2n) is 5.10. The lowest BCUT2D eigenvalue weighted by atomic mass is 9.98. The number of carboxylic acids is 1. The first-order valence-corrected chi connectivity index (χ1v) is 6.70. The van der Waals surface area contributed by atoms with E-state index in [1.807, 2.05) is 6.07 Å². The molecule has 0 unspecified atom stereocenters. The molecular weight excluding hydrogens is 313 g/mol. The zero-order chi connectivity index (χ0) is 17.6. The Labute approximate surface area is 130 Å². The molecule has 0 aliphatic carbocycles. The predicted octanol–water partition coefficient (Wildman–Crippen LogP) is 2.37. The Kier molecular flexibility index (Phi) is 6.13. The van der Waals surface area contributed by atoms with Crippen LogP contribution in [0.2, 0.25) is 0 Å². The fourth-order valence-corrected chi connectivity index (χ4v) is 1.98. The second kappa shape index (κ2) is 7.63. The van der Waals surface area contributed by atoms with Gasteiger partial charge in [0, 0.05) is 12.3 Å². The lowest BCUT2D eigenvalue weighted by Crippen LogP contribution is -2.45. The standard InChI is InChI=1S/C15H15F3N2O3/c1-9(5-6-19)13(14(22)23)20-12(21)8-10-3-2-4-11(7-10)15(16,17)18/h2-4,7,9,13H,5,8H2,1H3,(H,20,21)(H,22,23)/t9-,13+/m1/s1. The van der Waals surface area contributed by atoms with Crippen LogP contribution in [0.3, 0.4) is 0 Å². The molecule has 0 heterocycles. The van der Waals surface area contributed by atoms with Gasteiger partial charge in [0.1, 0.15) is 6.04 Å².